The molecule has 0 heterocycles. The van der Waals surface area contributed by atoms with Gasteiger partial charge in [0.2, 0.25) is 0 Å². The van der Waals surface area contributed by atoms with Crippen LogP contribution in [-0.2, 0) is 57.7 Å². The predicted molar refractivity (Wildman–Crippen MR) is 345 cm³/mol. The van der Waals surface area contributed by atoms with Gasteiger partial charge in [-0.1, -0.05) is 133 Å². The van der Waals surface area contributed by atoms with Gasteiger partial charge in [0.15, 0.2) is 0 Å². The SMILES string of the molecule is C=C(CC[C@@H](C)[C@H]1CC=C2C3=C(C(O)C(OC(C)=O)C21C)C1(C)CC(O)C(OC(=O)CCCOOC)C(C)(C)C1CC3)C(C)C.C=C(CC[C@@H](C)[C@H]1CC=C2C3=C(C(O)C(OC(C)=O)C21C)C1(C)CC(OC(=O)CCCOOC)C(O)C(C)(C)C1CC3)C(C)C. The first-order chi connectivity index (χ1) is 42.0. The molecule has 0 aromatic carbocycles. The van der Waals surface area contributed by atoms with Gasteiger partial charge in [-0.3, -0.25) is 19.2 Å². The van der Waals surface area contributed by atoms with Crippen LogP contribution in [0, 0.1) is 79.8 Å². The summed E-state index contributed by atoms with van der Waals surface area (Å²) in [4.78, 5) is 69.9. The minimum Gasteiger partial charge on any atom is -0.460 e. The Labute approximate surface area is 539 Å². The molecule has 2 saturated carbocycles. The van der Waals surface area contributed by atoms with Gasteiger partial charge in [-0.05, 0) is 187 Å². The lowest BCUT2D eigenvalue weighted by Crippen LogP contribution is -2.63. The highest BCUT2D eigenvalue weighted by Gasteiger charge is 2.68. The van der Waals surface area contributed by atoms with Gasteiger partial charge in [0.1, 0.15) is 36.6 Å². The molecule has 16 nitrogen and oxygen atoms in total. The van der Waals surface area contributed by atoms with E-state index in [1.807, 2.05) is 13.8 Å². The van der Waals surface area contributed by atoms with Crippen LogP contribution in [0.15, 0.2) is 69.9 Å². The summed E-state index contributed by atoms with van der Waals surface area (Å²) in [6, 6.07) is 0. The Morgan fingerprint density at radius 2 is 0.956 bits per heavy atom. The second kappa shape index (κ2) is 28.9. The zero-order valence-electron chi connectivity index (χ0n) is 58.2. The number of hydrogen-bond donors (Lipinski definition) is 4. The maximum Gasteiger partial charge on any atom is 0.306 e. The molecule has 8 aliphatic carbocycles. The highest BCUT2D eigenvalue weighted by molar-refractivity contribution is 5.71. The number of ether oxygens (including phenoxy) is 4. The summed E-state index contributed by atoms with van der Waals surface area (Å²) in [5.74, 6) is 0.426. The summed E-state index contributed by atoms with van der Waals surface area (Å²) in [5.41, 5.74) is 5.63. The molecule has 90 heavy (non-hydrogen) atoms. The van der Waals surface area contributed by atoms with Crippen LogP contribution in [0.1, 0.15) is 214 Å². The summed E-state index contributed by atoms with van der Waals surface area (Å²) in [6.45, 7) is 42.1. The number of carbonyl (C=O) groups is 4. The standard InChI is InChI=1S/2C37H58O8/c1-21(2)22(3)13-14-23(4)26-16-17-27-25-15-18-29-35(6,7)33(41)28(45-30(39)12-11-19-43-42-10)20-36(29,8)31(25)32(40)34(37(26,27)9)44-24(5)38;1-21(2)22(3)13-14-23(4)26-16-17-27-25-15-18-29-35(6,7)33(45-30(40)12-11-19-43-42-10)28(39)20-36(29,8)31(25)32(41)34(37(26,27)9)44-24(5)38/h17,21,23,26,28-29,32-34,40-41H,3,11-16,18-20H2,1-2,4-10H3;17,21,23,26,28-29,32-34,39,41H,3,11-16,18-20H2,1-2,4-10H3/t2*23-,26-,28?,29?,32?,33?,34?,36?,37?/m11/s1. The fraction of sp³-hybridized carbons (Fsp3) is 0.784. The van der Waals surface area contributed by atoms with Gasteiger partial charge < -0.3 is 39.4 Å². The van der Waals surface area contributed by atoms with E-state index in [-0.39, 0.29) is 55.7 Å². The quantitative estimate of drug-likeness (QED) is 0.0176. The van der Waals surface area contributed by atoms with Crippen LogP contribution in [0.3, 0.4) is 0 Å². The van der Waals surface area contributed by atoms with E-state index in [2.05, 4.69) is 118 Å². The van der Waals surface area contributed by atoms with E-state index >= 15 is 0 Å². The molecule has 0 amide bonds. The van der Waals surface area contributed by atoms with Crippen LogP contribution in [0.5, 0.6) is 0 Å². The first-order valence-corrected chi connectivity index (χ1v) is 34.0. The molecular formula is C74H116O16. The lowest BCUT2D eigenvalue weighted by atomic mass is 9.45. The van der Waals surface area contributed by atoms with Gasteiger partial charge in [0.25, 0.3) is 0 Å². The Kier molecular flexibility index (Phi) is 23.6. The van der Waals surface area contributed by atoms with E-state index in [0.717, 1.165) is 75.4 Å². The number of aliphatic hydroxyl groups excluding tert-OH is 4. The highest BCUT2D eigenvalue weighted by atomic mass is 17.2. The number of rotatable bonds is 24. The molecule has 0 saturated heterocycles. The molecular weight excluding hydrogens is 1140 g/mol. The van der Waals surface area contributed by atoms with Crippen molar-refractivity contribution >= 4 is 23.9 Å². The van der Waals surface area contributed by atoms with Gasteiger partial charge in [-0.2, -0.15) is 0 Å². The van der Waals surface area contributed by atoms with Crippen molar-refractivity contribution in [1.29, 1.82) is 0 Å². The van der Waals surface area contributed by atoms with Gasteiger partial charge in [0.05, 0.1) is 39.6 Å². The first kappa shape index (κ1) is 73.4. The molecule has 2 fully saturated rings. The predicted octanol–water partition coefficient (Wildman–Crippen LogP) is 13.3. The first-order valence-electron chi connectivity index (χ1n) is 34.0. The molecule has 0 aromatic heterocycles. The summed E-state index contributed by atoms with van der Waals surface area (Å²) in [6.07, 6.45) is 8.80. The minimum absolute atomic E-state index is 0.0255. The molecule has 18 atom stereocenters. The Balaban J connectivity index is 0.000000256. The molecule has 0 spiro atoms. The van der Waals surface area contributed by atoms with Crippen molar-refractivity contribution in [2.45, 2.75) is 262 Å². The van der Waals surface area contributed by atoms with Gasteiger partial charge in [-0.25, -0.2) is 19.6 Å². The molecule has 0 bridgehead atoms. The van der Waals surface area contributed by atoms with Crippen molar-refractivity contribution < 1.29 is 78.1 Å². The maximum atomic E-state index is 12.9. The number of esters is 4. The van der Waals surface area contributed by atoms with Crippen LogP contribution < -0.4 is 0 Å². The highest BCUT2D eigenvalue weighted by Crippen LogP contribution is 2.70. The third-order valence-electron chi connectivity index (χ3n) is 24.3. The Hall–Kier alpha value is -4.00. The van der Waals surface area contributed by atoms with Crippen LogP contribution in [0.4, 0.5) is 0 Å². The smallest absolute Gasteiger partial charge is 0.306 e. The second-order valence-corrected chi connectivity index (χ2v) is 31.1. The molecule has 14 unspecified atom stereocenters. The van der Waals surface area contributed by atoms with Crippen molar-refractivity contribution in [1.82, 2.24) is 0 Å². The van der Waals surface area contributed by atoms with E-state index in [4.69, 9.17) is 28.7 Å². The Morgan fingerprint density at radius 3 is 1.36 bits per heavy atom. The number of fused-ring (bicyclic) bond motifs is 8. The molecule has 16 heteroatoms. The van der Waals surface area contributed by atoms with Crippen molar-refractivity contribution in [2.24, 2.45) is 79.8 Å². The number of aliphatic hydroxyl groups is 4. The third-order valence-corrected chi connectivity index (χ3v) is 24.3. The molecule has 8 rings (SSSR count). The number of carbonyl (C=O) groups excluding carboxylic acids is 4. The molecule has 4 N–H and O–H groups in total. The lowest BCUT2D eigenvalue weighted by molar-refractivity contribution is -0.272. The maximum absolute atomic E-state index is 12.9. The van der Waals surface area contributed by atoms with Crippen molar-refractivity contribution in [2.75, 3.05) is 27.4 Å². The molecule has 0 radical (unpaired) electrons. The summed E-state index contributed by atoms with van der Waals surface area (Å²) >= 11 is 0. The Bertz CT molecular complexity index is 2770. The zero-order valence-corrected chi connectivity index (χ0v) is 58.2. The summed E-state index contributed by atoms with van der Waals surface area (Å²) < 4.78 is 24.2. The third kappa shape index (κ3) is 13.9. The minimum atomic E-state index is -1.01. The summed E-state index contributed by atoms with van der Waals surface area (Å²) in [5, 5.41) is 48.0. The molecule has 508 valence electrons. The fourth-order valence-electron chi connectivity index (χ4n) is 19.6. The largest absolute Gasteiger partial charge is 0.460 e. The van der Waals surface area contributed by atoms with Gasteiger partial charge in [0, 0.05) is 42.9 Å². The van der Waals surface area contributed by atoms with Crippen molar-refractivity contribution in [3.63, 3.8) is 0 Å². The normalized spacial score (nSPS) is 36.0. The van der Waals surface area contributed by atoms with E-state index < -0.39 is 99.2 Å². The van der Waals surface area contributed by atoms with Crippen LogP contribution in [-0.4, -0.2) is 121 Å². The van der Waals surface area contributed by atoms with Crippen molar-refractivity contribution in [3.8, 4) is 0 Å². The van der Waals surface area contributed by atoms with E-state index in [0.29, 0.717) is 49.4 Å². The van der Waals surface area contributed by atoms with Crippen LogP contribution in [0.25, 0.3) is 0 Å². The van der Waals surface area contributed by atoms with Crippen molar-refractivity contribution in [3.05, 3.63) is 69.9 Å². The average molecular weight is 1260 g/mol. The van der Waals surface area contributed by atoms with E-state index in [1.54, 1.807) is 0 Å². The fourth-order valence-corrected chi connectivity index (χ4v) is 19.6. The Morgan fingerprint density at radius 1 is 0.556 bits per heavy atom. The average Bonchev–Trinajstić information content (AvgIpc) is 1.16. The topological polar surface area (TPSA) is 223 Å². The zero-order chi connectivity index (χ0) is 67.0. The second-order valence-electron chi connectivity index (χ2n) is 31.1. The van der Waals surface area contributed by atoms with Gasteiger partial charge in [-0.15, -0.1) is 0 Å². The van der Waals surface area contributed by atoms with Gasteiger partial charge >= 0.3 is 23.9 Å². The lowest BCUT2D eigenvalue weighted by Gasteiger charge is -2.62. The monoisotopic (exact) mass is 1260 g/mol. The molecule has 0 aliphatic heterocycles. The van der Waals surface area contributed by atoms with E-state index in [1.165, 1.54) is 61.5 Å². The number of allylic oxidation sites excluding steroid dienone is 6. The van der Waals surface area contributed by atoms with Crippen LogP contribution in [0.2, 0.25) is 0 Å². The van der Waals surface area contributed by atoms with Crippen LogP contribution >= 0.6 is 0 Å². The van der Waals surface area contributed by atoms with E-state index in [9.17, 15) is 39.6 Å². The molecule has 8 aliphatic rings. The summed E-state index contributed by atoms with van der Waals surface area (Å²) in [7, 11) is 2.85. The number of hydrogen-bond acceptors (Lipinski definition) is 16. The molecule has 0 aromatic rings.